The number of esters is 1. The summed E-state index contributed by atoms with van der Waals surface area (Å²) in [4.78, 5) is 19.7. The normalized spacial score (nSPS) is 17.4. The first-order chi connectivity index (χ1) is 15.0. The molecule has 0 bridgehead atoms. The number of nitrogens with zero attached hydrogens (tertiary/aromatic N) is 2. The Kier molecular flexibility index (Phi) is 8.53. The Balaban J connectivity index is 1.59. The molecule has 2 aromatic rings. The van der Waals surface area contributed by atoms with Crippen molar-refractivity contribution in [1.82, 2.24) is 4.90 Å². The second-order valence-corrected chi connectivity index (χ2v) is 7.57. The Morgan fingerprint density at radius 1 is 1.10 bits per heavy atom. The number of halogens is 2. The van der Waals surface area contributed by atoms with Crippen LogP contribution in [0.25, 0.3) is 0 Å². The highest BCUT2D eigenvalue weighted by molar-refractivity contribution is 6.01. The minimum Gasteiger partial charge on any atom is -0.466 e. The van der Waals surface area contributed by atoms with E-state index in [1.165, 1.54) is 24.3 Å². The van der Waals surface area contributed by atoms with Crippen molar-refractivity contribution in [3.63, 3.8) is 0 Å². The highest BCUT2D eigenvalue weighted by Gasteiger charge is 2.26. The van der Waals surface area contributed by atoms with Crippen LogP contribution in [0.15, 0.2) is 53.7 Å². The van der Waals surface area contributed by atoms with Crippen LogP contribution in [0.2, 0.25) is 0 Å². The summed E-state index contributed by atoms with van der Waals surface area (Å²) in [5.74, 6) is -0.857. The van der Waals surface area contributed by atoms with Crippen LogP contribution in [-0.2, 0) is 20.8 Å². The van der Waals surface area contributed by atoms with E-state index in [1.54, 1.807) is 24.3 Å². The molecule has 1 fully saturated rings. The van der Waals surface area contributed by atoms with Gasteiger partial charge in [0.05, 0.1) is 18.2 Å². The van der Waals surface area contributed by atoms with Gasteiger partial charge in [0.2, 0.25) is 0 Å². The molecular formula is C24H28F2N2O3. The topological polar surface area (TPSA) is 51.1 Å². The number of carbonyl (C=O) groups excluding carboxylic acids is 1. The Morgan fingerprint density at radius 3 is 2.45 bits per heavy atom. The van der Waals surface area contributed by atoms with Gasteiger partial charge in [-0.2, -0.15) is 0 Å². The quantitative estimate of drug-likeness (QED) is 0.259. The van der Waals surface area contributed by atoms with E-state index in [4.69, 9.17) is 9.57 Å². The van der Waals surface area contributed by atoms with Gasteiger partial charge in [0, 0.05) is 19.5 Å². The Labute approximate surface area is 181 Å². The van der Waals surface area contributed by atoms with E-state index in [2.05, 4.69) is 10.1 Å². The molecule has 2 aromatic carbocycles. The fourth-order valence-corrected chi connectivity index (χ4v) is 3.63. The van der Waals surface area contributed by atoms with Crippen molar-refractivity contribution in [2.75, 3.05) is 32.8 Å². The predicted octanol–water partition coefficient (Wildman–Crippen LogP) is 4.20. The molecule has 1 saturated heterocycles. The summed E-state index contributed by atoms with van der Waals surface area (Å²) < 4.78 is 31.7. The maximum absolute atomic E-state index is 13.3. The summed E-state index contributed by atoms with van der Waals surface area (Å²) >= 11 is 0. The van der Waals surface area contributed by atoms with E-state index >= 15 is 0 Å². The number of rotatable bonds is 9. The van der Waals surface area contributed by atoms with E-state index in [-0.39, 0.29) is 23.5 Å². The average molecular weight is 430 g/mol. The second kappa shape index (κ2) is 11.6. The number of ether oxygens (including phenoxy) is 1. The van der Waals surface area contributed by atoms with Crippen LogP contribution in [0.3, 0.4) is 0 Å². The summed E-state index contributed by atoms with van der Waals surface area (Å²) in [7, 11) is 0. The van der Waals surface area contributed by atoms with Crippen LogP contribution >= 0.6 is 0 Å². The third-order valence-electron chi connectivity index (χ3n) is 5.26. The lowest BCUT2D eigenvalue weighted by molar-refractivity contribution is -0.150. The zero-order valence-electron chi connectivity index (χ0n) is 17.7. The number of oxime groups is 1. The number of hydrogen-bond acceptors (Lipinski definition) is 5. The van der Waals surface area contributed by atoms with Crippen LogP contribution in [0.1, 0.15) is 30.9 Å². The summed E-state index contributed by atoms with van der Waals surface area (Å²) in [6, 6.07) is 12.2. The van der Waals surface area contributed by atoms with Crippen LogP contribution in [0, 0.1) is 17.6 Å². The molecule has 0 N–H and O–H groups in total. The van der Waals surface area contributed by atoms with Gasteiger partial charge in [-0.05, 0) is 61.7 Å². The molecular weight excluding hydrogens is 402 g/mol. The summed E-state index contributed by atoms with van der Waals surface area (Å²) in [5.41, 5.74) is 2.25. The molecule has 0 radical (unpaired) electrons. The molecule has 3 rings (SSSR count). The van der Waals surface area contributed by atoms with E-state index in [1.807, 2.05) is 6.92 Å². The zero-order valence-corrected chi connectivity index (χ0v) is 17.7. The first kappa shape index (κ1) is 22.9. The number of likely N-dealkylation sites (tertiary alicyclic amines) is 1. The molecule has 31 heavy (non-hydrogen) atoms. The van der Waals surface area contributed by atoms with E-state index in [0.717, 1.165) is 30.5 Å². The number of carbonyl (C=O) groups is 1. The van der Waals surface area contributed by atoms with Crippen molar-refractivity contribution in [2.45, 2.75) is 26.2 Å². The van der Waals surface area contributed by atoms with E-state index in [0.29, 0.717) is 38.4 Å². The average Bonchev–Trinajstić information content (AvgIpc) is 2.78. The van der Waals surface area contributed by atoms with Crippen molar-refractivity contribution >= 4 is 11.7 Å². The molecule has 166 valence electrons. The maximum atomic E-state index is 13.3. The lowest BCUT2D eigenvalue weighted by atomic mass is 9.98. The molecule has 0 aliphatic carbocycles. The molecule has 5 nitrogen and oxygen atoms in total. The Morgan fingerprint density at radius 2 is 1.77 bits per heavy atom. The number of hydrogen-bond donors (Lipinski definition) is 0. The van der Waals surface area contributed by atoms with Crippen LogP contribution in [-0.4, -0.2) is 49.4 Å². The first-order valence-electron chi connectivity index (χ1n) is 10.6. The molecule has 1 atom stereocenters. The van der Waals surface area contributed by atoms with Gasteiger partial charge >= 0.3 is 5.97 Å². The second-order valence-electron chi connectivity index (χ2n) is 7.57. The Hall–Kier alpha value is -2.80. The molecule has 7 heteroatoms. The largest absolute Gasteiger partial charge is 0.466 e. The molecule has 0 aromatic heterocycles. The van der Waals surface area contributed by atoms with Crippen LogP contribution < -0.4 is 0 Å². The predicted molar refractivity (Wildman–Crippen MR) is 115 cm³/mol. The van der Waals surface area contributed by atoms with E-state index < -0.39 is 0 Å². The SMILES string of the molecule is CCOC(=O)[C@@H]1CCCN(CCON=C(Cc2ccc(F)cc2)c2ccc(F)cc2)C1. The first-order valence-corrected chi connectivity index (χ1v) is 10.6. The van der Waals surface area contributed by atoms with Gasteiger partial charge in [-0.1, -0.05) is 29.4 Å². The van der Waals surface area contributed by atoms with Gasteiger partial charge in [0.25, 0.3) is 0 Å². The highest BCUT2D eigenvalue weighted by atomic mass is 19.1. The summed E-state index contributed by atoms with van der Waals surface area (Å²) in [6.45, 7) is 4.79. The van der Waals surface area contributed by atoms with Gasteiger partial charge in [0.1, 0.15) is 18.2 Å². The summed E-state index contributed by atoms with van der Waals surface area (Å²) in [6.07, 6.45) is 2.22. The number of benzene rings is 2. The monoisotopic (exact) mass is 430 g/mol. The molecule has 0 amide bonds. The smallest absolute Gasteiger partial charge is 0.310 e. The lowest BCUT2D eigenvalue weighted by Gasteiger charge is -2.30. The van der Waals surface area contributed by atoms with E-state index in [9.17, 15) is 13.6 Å². The summed E-state index contributed by atoms with van der Waals surface area (Å²) in [5, 5.41) is 4.29. The maximum Gasteiger partial charge on any atom is 0.310 e. The van der Waals surface area contributed by atoms with Gasteiger partial charge in [-0.25, -0.2) is 8.78 Å². The highest BCUT2D eigenvalue weighted by Crippen LogP contribution is 2.18. The third kappa shape index (κ3) is 7.14. The fraction of sp³-hybridized carbons (Fsp3) is 0.417. The lowest BCUT2D eigenvalue weighted by Crippen LogP contribution is -2.40. The minimum absolute atomic E-state index is 0.0922. The van der Waals surface area contributed by atoms with Gasteiger partial charge in [-0.3, -0.25) is 9.69 Å². The number of piperidine rings is 1. The molecule has 0 unspecified atom stereocenters. The minimum atomic E-state index is -0.327. The Bertz CT molecular complexity index is 869. The van der Waals surface area contributed by atoms with Gasteiger partial charge in [0.15, 0.2) is 0 Å². The van der Waals surface area contributed by atoms with Crippen molar-refractivity contribution in [3.05, 3.63) is 71.3 Å². The molecule has 0 spiro atoms. The zero-order chi connectivity index (χ0) is 22.1. The van der Waals surface area contributed by atoms with Crippen molar-refractivity contribution in [3.8, 4) is 0 Å². The molecule has 0 saturated carbocycles. The van der Waals surface area contributed by atoms with Gasteiger partial charge < -0.3 is 9.57 Å². The van der Waals surface area contributed by atoms with Crippen molar-refractivity contribution in [2.24, 2.45) is 11.1 Å². The molecule has 1 aliphatic heterocycles. The van der Waals surface area contributed by atoms with Crippen LogP contribution in [0.5, 0.6) is 0 Å². The van der Waals surface area contributed by atoms with Crippen LogP contribution in [0.4, 0.5) is 8.78 Å². The standard InChI is InChI=1S/C24H28F2N2O3/c1-2-30-24(29)20-4-3-13-28(17-20)14-15-31-27-23(19-7-11-22(26)12-8-19)16-18-5-9-21(25)10-6-18/h5-12,20H,2-4,13-17H2,1H3/t20-/m1/s1. The fourth-order valence-electron chi connectivity index (χ4n) is 3.63. The molecule has 1 aliphatic rings. The van der Waals surface area contributed by atoms with Crippen molar-refractivity contribution in [1.29, 1.82) is 0 Å². The molecule has 1 heterocycles. The van der Waals surface area contributed by atoms with Gasteiger partial charge in [-0.15, -0.1) is 0 Å². The van der Waals surface area contributed by atoms with Crippen molar-refractivity contribution < 1.29 is 23.1 Å². The third-order valence-corrected chi connectivity index (χ3v) is 5.26.